The second-order valence-corrected chi connectivity index (χ2v) is 9.39. The molecular formula is C28H34N4O2. The summed E-state index contributed by atoms with van der Waals surface area (Å²) in [7, 11) is 0. The lowest BCUT2D eigenvalue weighted by molar-refractivity contribution is -0.384. The van der Waals surface area contributed by atoms with Gasteiger partial charge in [-0.1, -0.05) is 74.5 Å². The van der Waals surface area contributed by atoms with Gasteiger partial charge in [0.05, 0.1) is 11.0 Å². The Bertz CT molecular complexity index is 1030. The average Bonchev–Trinajstić information content (AvgIpc) is 3.08. The summed E-state index contributed by atoms with van der Waals surface area (Å²) < 4.78 is 0. The second-order valence-electron chi connectivity index (χ2n) is 9.39. The number of hydrogen-bond donors (Lipinski definition) is 1. The molecule has 0 aliphatic carbocycles. The van der Waals surface area contributed by atoms with Crippen LogP contribution in [0, 0.1) is 16.0 Å². The molecule has 0 spiro atoms. The average molecular weight is 459 g/mol. The van der Waals surface area contributed by atoms with Gasteiger partial charge in [-0.25, -0.2) is 0 Å². The van der Waals surface area contributed by atoms with Crippen LogP contribution in [-0.4, -0.2) is 42.5 Å². The van der Waals surface area contributed by atoms with E-state index in [1.165, 1.54) is 0 Å². The van der Waals surface area contributed by atoms with Crippen LogP contribution < -0.4 is 10.2 Å². The highest BCUT2D eigenvalue weighted by Crippen LogP contribution is 2.35. The Hall–Kier alpha value is -3.38. The first-order valence-electron chi connectivity index (χ1n) is 12.1. The highest BCUT2D eigenvalue weighted by molar-refractivity contribution is 5.70. The lowest BCUT2D eigenvalue weighted by atomic mass is 9.98. The van der Waals surface area contributed by atoms with Crippen LogP contribution in [0.1, 0.15) is 37.4 Å². The number of nitrogens with zero attached hydrogens (tertiary/aromatic N) is 3. The fourth-order valence-electron chi connectivity index (χ4n) is 4.73. The van der Waals surface area contributed by atoms with Gasteiger partial charge in [0.2, 0.25) is 0 Å². The molecule has 1 N–H and O–H groups in total. The van der Waals surface area contributed by atoms with E-state index in [0.717, 1.165) is 56.0 Å². The van der Waals surface area contributed by atoms with Gasteiger partial charge in [-0.05, 0) is 42.1 Å². The van der Waals surface area contributed by atoms with Gasteiger partial charge in [-0.2, -0.15) is 0 Å². The molecule has 1 heterocycles. The predicted octanol–water partition coefficient (Wildman–Crippen LogP) is 5.96. The molecule has 4 rings (SSSR count). The molecule has 178 valence electrons. The van der Waals surface area contributed by atoms with E-state index < -0.39 is 0 Å². The van der Waals surface area contributed by atoms with Crippen molar-refractivity contribution in [2.45, 2.75) is 26.3 Å². The maximum atomic E-state index is 11.9. The summed E-state index contributed by atoms with van der Waals surface area (Å²) in [4.78, 5) is 16.5. The molecule has 0 unspecified atom stereocenters. The Morgan fingerprint density at radius 3 is 2.12 bits per heavy atom. The Morgan fingerprint density at radius 1 is 0.882 bits per heavy atom. The van der Waals surface area contributed by atoms with E-state index in [-0.39, 0.29) is 16.7 Å². The van der Waals surface area contributed by atoms with E-state index >= 15 is 0 Å². The van der Waals surface area contributed by atoms with Crippen molar-refractivity contribution in [2.75, 3.05) is 42.9 Å². The standard InChI is InChI=1S/C28H34N4O2/c1-22(2)21-30-16-9-17-31(19-18-30)25-14-15-27(32(33)34)26(20-25)29-28(23-10-5-3-6-11-23)24-12-7-4-8-13-24/h3-8,10-15,20,22,28-29H,9,16-19,21H2,1-2H3. The third-order valence-corrected chi connectivity index (χ3v) is 6.32. The Kier molecular flexibility index (Phi) is 7.80. The largest absolute Gasteiger partial charge is 0.370 e. The zero-order valence-electron chi connectivity index (χ0n) is 20.1. The van der Waals surface area contributed by atoms with E-state index in [0.29, 0.717) is 11.6 Å². The van der Waals surface area contributed by atoms with Crippen molar-refractivity contribution in [3.63, 3.8) is 0 Å². The first-order chi connectivity index (χ1) is 16.5. The highest BCUT2D eigenvalue weighted by atomic mass is 16.6. The van der Waals surface area contributed by atoms with Crippen LogP contribution in [0.25, 0.3) is 0 Å². The van der Waals surface area contributed by atoms with E-state index in [2.05, 4.69) is 53.2 Å². The van der Waals surface area contributed by atoms with Gasteiger partial charge >= 0.3 is 0 Å². The van der Waals surface area contributed by atoms with Gasteiger partial charge in [-0.15, -0.1) is 0 Å². The smallest absolute Gasteiger partial charge is 0.292 e. The quantitative estimate of drug-likeness (QED) is 0.333. The van der Waals surface area contributed by atoms with E-state index in [1.807, 2.05) is 48.5 Å². The lowest BCUT2D eigenvalue weighted by Gasteiger charge is -2.26. The minimum Gasteiger partial charge on any atom is -0.370 e. The summed E-state index contributed by atoms with van der Waals surface area (Å²) in [6.45, 7) is 9.60. The zero-order chi connectivity index (χ0) is 23.9. The number of nitro benzene ring substituents is 1. The van der Waals surface area contributed by atoms with E-state index in [9.17, 15) is 10.1 Å². The molecule has 1 fully saturated rings. The van der Waals surface area contributed by atoms with Crippen LogP contribution in [0.15, 0.2) is 78.9 Å². The van der Waals surface area contributed by atoms with Crippen molar-refractivity contribution < 1.29 is 4.92 Å². The zero-order valence-corrected chi connectivity index (χ0v) is 20.1. The van der Waals surface area contributed by atoms with Crippen LogP contribution in [-0.2, 0) is 0 Å². The lowest BCUT2D eigenvalue weighted by Crippen LogP contribution is -2.33. The third-order valence-electron chi connectivity index (χ3n) is 6.32. The highest BCUT2D eigenvalue weighted by Gasteiger charge is 2.23. The summed E-state index contributed by atoms with van der Waals surface area (Å²) in [5, 5.41) is 15.4. The molecule has 0 saturated carbocycles. The van der Waals surface area contributed by atoms with E-state index in [1.54, 1.807) is 6.07 Å². The van der Waals surface area contributed by atoms with Crippen molar-refractivity contribution in [2.24, 2.45) is 5.92 Å². The van der Waals surface area contributed by atoms with Crippen LogP contribution in [0.3, 0.4) is 0 Å². The van der Waals surface area contributed by atoms with Crippen LogP contribution in [0.4, 0.5) is 17.1 Å². The van der Waals surface area contributed by atoms with Gasteiger partial charge in [0.25, 0.3) is 5.69 Å². The molecule has 6 heteroatoms. The molecule has 6 nitrogen and oxygen atoms in total. The van der Waals surface area contributed by atoms with Crippen LogP contribution in [0.2, 0.25) is 0 Å². The number of nitro groups is 1. The van der Waals surface area contributed by atoms with Crippen LogP contribution in [0.5, 0.6) is 0 Å². The number of rotatable bonds is 8. The minimum absolute atomic E-state index is 0.0943. The maximum Gasteiger partial charge on any atom is 0.292 e. The SMILES string of the molecule is CC(C)CN1CCCN(c2ccc([N+](=O)[O-])c(NC(c3ccccc3)c3ccccc3)c2)CC1. The molecule has 3 aromatic rings. The fraction of sp³-hybridized carbons (Fsp3) is 0.357. The Balaban J connectivity index is 1.64. The van der Waals surface area contributed by atoms with Gasteiger partial charge in [-0.3, -0.25) is 10.1 Å². The molecule has 1 saturated heterocycles. The molecular weight excluding hydrogens is 424 g/mol. The fourth-order valence-corrected chi connectivity index (χ4v) is 4.73. The number of hydrogen-bond acceptors (Lipinski definition) is 5. The number of benzene rings is 3. The van der Waals surface area contributed by atoms with Gasteiger partial charge in [0.1, 0.15) is 5.69 Å². The predicted molar refractivity (Wildman–Crippen MR) is 140 cm³/mol. The van der Waals surface area contributed by atoms with Gasteiger partial charge in [0, 0.05) is 37.9 Å². The molecule has 0 amide bonds. The Morgan fingerprint density at radius 2 is 1.53 bits per heavy atom. The molecule has 0 bridgehead atoms. The van der Waals surface area contributed by atoms with Crippen molar-refractivity contribution in [3.05, 3.63) is 100 Å². The molecule has 1 aliphatic heterocycles. The van der Waals surface area contributed by atoms with Crippen molar-refractivity contribution in [3.8, 4) is 0 Å². The molecule has 1 aliphatic rings. The summed E-state index contributed by atoms with van der Waals surface area (Å²) in [5.41, 5.74) is 3.79. The van der Waals surface area contributed by atoms with Crippen LogP contribution >= 0.6 is 0 Å². The third kappa shape index (κ3) is 5.94. The van der Waals surface area contributed by atoms with E-state index in [4.69, 9.17) is 0 Å². The summed E-state index contributed by atoms with van der Waals surface area (Å²) in [6, 6.07) is 25.5. The molecule has 3 aromatic carbocycles. The first-order valence-corrected chi connectivity index (χ1v) is 12.1. The number of nitrogens with one attached hydrogen (secondary N) is 1. The van der Waals surface area contributed by atoms with Gasteiger partial charge < -0.3 is 15.1 Å². The second kappa shape index (κ2) is 11.2. The van der Waals surface area contributed by atoms with Gasteiger partial charge in [0.15, 0.2) is 0 Å². The van der Waals surface area contributed by atoms with Crippen molar-refractivity contribution in [1.29, 1.82) is 0 Å². The molecule has 0 radical (unpaired) electrons. The van der Waals surface area contributed by atoms with Crippen molar-refractivity contribution >= 4 is 17.1 Å². The number of anilines is 2. The minimum atomic E-state index is -0.300. The molecule has 0 atom stereocenters. The summed E-state index contributed by atoms with van der Waals surface area (Å²) >= 11 is 0. The monoisotopic (exact) mass is 458 g/mol. The van der Waals surface area contributed by atoms with Crippen molar-refractivity contribution in [1.82, 2.24) is 4.90 Å². The topological polar surface area (TPSA) is 61.7 Å². The summed E-state index contributed by atoms with van der Waals surface area (Å²) in [5.74, 6) is 0.648. The summed E-state index contributed by atoms with van der Waals surface area (Å²) in [6.07, 6.45) is 1.09. The molecule has 34 heavy (non-hydrogen) atoms. The Labute approximate surface area is 202 Å². The first kappa shape index (κ1) is 23.8. The normalized spacial score (nSPS) is 14.9. The maximum absolute atomic E-state index is 11.9. The molecule has 0 aromatic heterocycles.